The summed E-state index contributed by atoms with van der Waals surface area (Å²) < 4.78 is 17.4. The summed E-state index contributed by atoms with van der Waals surface area (Å²) in [6.07, 6.45) is 4.87. The van der Waals surface area contributed by atoms with Crippen LogP contribution in [0.1, 0.15) is 45.5 Å². The van der Waals surface area contributed by atoms with Gasteiger partial charge in [0.2, 0.25) is 0 Å². The van der Waals surface area contributed by atoms with Crippen molar-refractivity contribution in [3.8, 4) is 17.2 Å². The number of nitrogens with one attached hydrogen (secondary N) is 1. The van der Waals surface area contributed by atoms with Crippen LogP contribution in [0.15, 0.2) is 97.1 Å². The minimum atomic E-state index is -1.10. The zero-order valence-electron chi connectivity index (χ0n) is 23.5. The normalized spacial score (nSPS) is 13.0. The highest BCUT2D eigenvalue weighted by Crippen LogP contribution is 2.25. The molecule has 0 saturated heterocycles. The lowest BCUT2D eigenvalue weighted by atomic mass is 9.92. The number of benzene rings is 4. The molecule has 1 atom stereocenters. The number of hydrogen-bond donors (Lipinski definition) is 2. The molecule has 0 saturated carbocycles. The first kappa shape index (κ1) is 28.7. The highest BCUT2D eigenvalue weighted by atomic mass is 16.5. The van der Waals surface area contributed by atoms with E-state index in [1.165, 1.54) is 24.0 Å². The fourth-order valence-corrected chi connectivity index (χ4v) is 4.96. The van der Waals surface area contributed by atoms with Crippen molar-refractivity contribution < 1.29 is 28.9 Å². The number of rotatable bonds is 13. The van der Waals surface area contributed by atoms with E-state index in [2.05, 4.69) is 17.4 Å². The Hall–Kier alpha value is -4.78. The van der Waals surface area contributed by atoms with Crippen molar-refractivity contribution in [2.75, 3.05) is 13.2 Å². The van der Waals surface area contributed by atoms with Crippen LogP contribution in [-0.2, 0) is 30.7 Å². The molecule has 1 amide bonds. The number of carboxylic acids is 1. The number of aliphatic carboxylic acids is 1. The van der Waals surface area contributed by atoms with Gasteiger partial charge in [-0.05, 0) is 96.5 Å². The maximum absolute atomic E-state index is 12.8. The number of ether oxygens (including phenoxy) is 3. The Kier molecular flexibility index (Phi) is 9.73. The standard InChI is InChI=1S/C35H35NO6/c37-34(36-33(35(38)39)22-25-10-15-31(16-11-25)42-24-26-6-2-1-3-7-26)28-13-17-30(18-14-28)40-20-21-41-32-19-12-27-8-4-5-9-29(27)23-32/h1-3,6-7,10-19,23,33H,4-5,8-9,20-22,24H2,(H,36,37)(H,38,39)/t33-/m0/s1. The van der Waals surface area contributed by atoms with Gasteiger partial charge in [-0.2, -0.15) is 0 Å². The average molecular weight is 566 g/mol. The van der Waals surface area contributed by atoms with Crippen molar-refractivity contribution in [1.82, 2.24) is 5.32 Å². The fraction of sp³-hybridized carbons (Fsp3) is 0.257. The molecule has 0 aromatic heterocycles. The first-order valence-electron chi connectivity index (χ1n) is 14.3. The van der Waals surface area contributed by atoms with E-state index in [4.69, 9.17) is 14.2 Å². The van der Waals surface area contributed by atoms with Gasteiger partial charge in [0.05, 0.1) is 0 Å². The molecule has 7 nitrogen and oxygen atoms in total. The molecule has 4 aromatic rings. The number of amides is 1. The van der Waals surface area contributed by atoms with Crippen LogP contribution in [0.4, 0.5) is 0 Å². The van der Waals surface area contributed by atoms with Crippen LogP contribution < -0.4 is 19.5 Å². The predicted molar refractivity (Wildman–Crippen MR) is 160 cm³/mol. The minimum Gasteiger partial charge on any atom is -0.490 e. The van der Waals surface area contributed by atoms with Gasteiger partial charge in [-0.15, -0.1) is 0 Å². The second-order valence-electron chi connectivity index (χ2n) is 10.3. The lowest BCUT2D eigenvalue weighted by molar-refractivity contribution is -0.139. The van der Waals surface area contributed by atoms with Crippen molar-refractivity contribution >= 4 is 11.9 Å². The van der Waals surface area contributed by atoms with Gasteiger partial charge in [0, 0.05) is 12.0 Å². The van der Waals surface area contributed by atoms with Crippen LogP contribution in [0, 0.1) is 0 Å². The summed E-state index contributed by atoms with van der Waals surface area (Å²) in [5.74, 6) is 0.571. The van der Waals surface area contributed by atoms with Crippen molar-refractivity contribution in [1.29, 1.82) is 0 Å². The number of aryl methyl sites for hydroxylation is 2. The molecule has 0 aliphatic heterocycles. The Labute approximate surface area is 246 Å². The lowest BCUT2D eigenvalue weighted by Crippen LogP contribution is -2.42. The molecule has 5 rings (SSSR count). The van der Waals surface area contributed by atoms with Gasteiger partial charge in [0.15, 0.2) is 0 Å². The molecule has 7 heteroatoms. The van der Waals surface area contributed by atoms with Crippen molar-refractivity contribution in [3.63, 3.8) is 0 Å². The predicted octanol–water partition coefficient (Wildman–Crippen LogP) is 6.03. The summed E-state index contributed by atoms with van der Waals surface area (Å²) in [4.78, 5) is 24.7. The molecule has 0 spiro atoms. The molecule has 1 aliphatic rings. The Balaban J connectivity index is 1.07. The second-order valence-corrected chi connectivity index (χ2v) is 10.3. The first-order valence-corrected chi connectivity index (χ1v) is 14.3. The Morgan fingerprint density at radius 2 is 1.31 bits per heavy atom. The molecule has 0 bridgehead atoms. The monoisotopic (exact) mass is 565 g/mol. The SMILES string of the molecule is O=C(N[C@@H](Cc1ccc(OCc2ccccc2)cc1)C(=O)O)c1ccc(OCCOc2ccc3c(c2)CCCC3)cc1. The fourth-order valence-electron chi connectivity index (χ4n) is 4.96. The number of carbonyl (C=O) groups excluding carboxylic acids is 1. The molecular formula is C35H35NO6. The number of carboxylic acid groups (broad SMARTS) is 1. The summed E-state index contributed by atoms with van der Waals surface area (Å²) in [6, 6.07) is 28.9. The second kappa shape index (κ2) is 14.2. The maximum atomic E-state index is 12.8. The summed E-state index contributed by atoms with van der Waals surface area (Å²) in [7, 11) is 0. The molecule has 0 radical (unpaired) electrons. The molecule has 2 N–H and O–H groups in total. The van der Waals surface area contributed by atoms with Gasteiger partial charge in [0.1, 0.15) is 43.1 Å². The van der Waals surface area contributed by atoms with E-state index in [0.29, 0.717) is 36.9 Å². The van der Waals surface area contributed by atoms with Crippen molar-refractivity contribution in [2.45, 2.75) is 44.8 Å². The van der Waals surface area contributed by atoms with Crippen LogP contribution in [0.3, 0.4) is 0 Å². The largest absolute Gasteiger partial charge is 0.490 e. The van der Waals surface area contributed by atoms with E-state index in [-0.39, 0.29) is 6.42 Å². The maximum Gasteiger partial charge on any atom is 0.326 e. The highest BCUT2D eigenvalue weighted by molar-refractivity contribution is 5.96. The Morgan fingerprint density at radius 3 is 2.02 bits per heavy atom. The first-order chi connectivity index (χ1) is 20.5. The molecular weight excluding hydrogens is 530 g/mol. The minimum absolute atomic E-state index is 0.144. The zero-order valence-corrected chi connectivity index (χ0v) is 23.5. The van der Waals surface area contributed by atoms with Gasteiger partial charge in [-0.1, -0.05) is 48.5 Å². The van der Waals surface area contributed by atoms with Gasteiger partial charge < -0.3 is 24.6 Å². The third-order valence-electron chi connectivity index (χ3n) is 7.27. The van der Waals surface area contributed by atoms with Crippen LogP contribution >= 0.6 is 0 Å². The molecule has 0 unspecified atom stereocenters. The van der Waals surface area contributed by atoms with Gasteiger partial charge in [0.25, 0.3) is 5.91 Å². The number of fused-ring (bicyclic) bond motifs is 1. The van der Waals surface area contributed by atoms with E-state index in [9.17, 15) is 14.7 Å². The smallest absolute Gasteiger partial charge is 0.326 e. The third kappa shape index (κ3) is 8.13. The lowest BCUT2D eigenvalue weighted by Gasteiger charge is -2.17. The summed E-state index contributed by atoms with van der Waals surface area (Å²) in [6.45, 7) is 1.21. The Bertz CT molecular complexity index is 1470. The average Bonchev–Trinajstić information content (AvgIpc) is 3.03. The van der Waals surface area contributed by atoms with E-state index < -0.39 is 17.9 Å². The molecule has 0 heterocycles. The van der Waals surface area contributed by atoms with E-state index in [0.717, 1.165) is 29.7 Å². The van der Waals surface area contributed by atoms with E-state index in [1.807, 2.05) is 48.5 Å². The topological polar surface area (TPSA) is 94.1 Å². The molecule has 0 fully saturated rings. The molecule has 1 aliphatic carbocycles. The van der Waals surface area contributed by atoms with E-state index in [1.54, 1.807) is 36.4 Å². The van der Waals surface area contributed by atoms with Gasteiger partial charge in [-0.25, -0.2) is 4.79 Å². The van der Waals surface area contributed by atoms with Crippen molar-refractivity contribution in [2.24, 2.45) is 0 Å². The van der Waals surface area contributed by atoms with Crippen LogP contribution in [0.25, 0.3) is 0 Å². The number of hydrogen-bond acceptors (Lipinski definition) is 5. The summed E-state index contributed by atoms with van der Waals surface area (Å²) >= 11 is 0. The van der Waals surface area contributed by atoms with Crippen LogP contribution in [0.5, 0.6) is 17.2 Å². The third-order valence-corrected chi connectivity index (χ3v) is 7.27. The van der Waals surface area contributed by atoms with Crippen LogP contribution in [-0.4, -0.2) is 36.2 Å². The van der Waals surface area contributed by atoms with Crippen molar-refractivity contribution in [3.05, 3.63) is 125 Å². The molecule has 4 aromatic carbocycles. The highest BCUT2D eigenvalue weighted by Gasteiger charge is 2.21. The quantitative estimate of drug-likeness (QED) is 0.192. The Morgan fingerprint density at radius 1 is 0.690 bits per heavy atom. The zero-order chi connectivity index (χ0) is 29.1. The summed E-state index contributed by atoms with van der Waals surface area (Å²) in [5, 5.41) is 12.4. The van der Waals surface area contributed by atoms with Gasteiger partial charge in [-0.3, -0.25) is 4.79 Å². The van der Waals surface area contributed by atoms with Gasteiger partial charge >= 0.3 is 5.97 Å². The summed E-state index contributed by atoms with van der Waals surface area (Å²) in [5.41, 5.74) is 4.98. The van der Waals surface area contributed by atoms with Crippen LogP contribution in [0.2, 0.25) is 0 Å². The molecule has 216 valence electrons. The molecule has 42 heavy (non-hydrogen) atoms. The number of carbonyl (C=O) groups is 2. The van der Waals surface area contributed by atoms with E-state index >= 15 is 0 Å².